The largest absolute Gasteiger partial charge is 0.453 e. The Kier molecular flexibility index (Phi) is 11.2. The fourth-order valence-electron chi connectivity index (χ4n) is 12.5. The van der Waals surface area contributed by atoms with Gasteiger partial charge in [0.1, 0.15) is 5.58 Å². The molecule has 0 atom stereocenters. The summed E-state index contributed by atoms with van der Waals surface area (Å²) in [5, 5.41) is 6.01. The molecule has 0 spiro atoms. The third-order valence-electron chi connectivity index (χ3n) is 16.3. The van der Waals surface area contributed by atoms with E-state index in [1.165, 1.54) is 0 Å². The van der Waals surface area contributed by atoms with Crippen LogP contribution in [0.2, 0.25) is 0 Å². The summed E-state index contributed by atoms with van der Waals surface area (Å²) in [5.74, 6) is 0.608. The van der Waals surface area contributed by atoms with Crippen molar-refractivity contribution in [2.24, 2.45) is 0 Å². The zero-order chi connectivity index (χ0) is 55.0. The van der Waals surface area contributed by atoms with Crippen LogP contribution in [0.3, 0.4) is 0 Å². The monoisotopic (exact) mass is 1060 g/mol. The molecular formula is C77H47N5O. The minimum Gasteiger partial charge on any atom is -0.453 e. The van der Waals surface area contributed by atoms with Gasteiger partial charge in [0.25, 0.3) is 0 Å². The van der Waals surface area contributed by atoms with Crippen LogP contribution in [0.15, 0.2) is 290 Å². The molecule has 0 radical (unpaired) electrons. The van der Waals surface area contributed by atoms with Crippen molar-refractivity contribution >= 4 is 71.2 Å². The minimum atomic E-state index is 0.482. The summed E-state index contributed by atoms with van der Waals surface area (Å²) in [6.07, 6.45) is 0. The van der Waals surface area contributed by atoms with E-state index in [4.69, 9.17) is 14.4 Å². The van der Waals surface area contributed by atoms with Crippen LogP contribution in [0.25, 0.3) is 160 Å². The zero-order valence-electron chi connectivity index (χ0n) is 44.8. The third kappa shape index (κ3) is 7.94. The summed E-state index contributed by atoms with van der Waals surface area (Å²) >= 11 is 0. The number of para-hydroxylation sites is 1. The lowest BCUT2D eigenvalue weighted by atomic mass is 10.0. The maximum absolute atomic E-state index is 9.37. The Morgan fingerprint density at radius 1 is 0.313 bits per heavy atom. The normalized spacial score (nSPS) is 11.6. The van der Waals surface area contributed by atoms with E-state index in [0.717, 1.165) is 133 Å². The van der Waals surface area contributed by atoms with Gasteiger partial charge in [-0.15, -0.1) is 0 Å². The molecule has 386 valence electrons. The number of rotatable bonds is 9. The van der Waals surface area contributed by atoms with Gasteiger partial charge in [0, 0.05) is 49.0 Å². The van der Waals surface area contributed by atoms with Gasteiger partial charge >= 0.3 is 0 Å². The number of benzene rings is 12. The van der Waals surface area contributed by atoms with E-state index in [2.05, 4.69) is 263 Å². The van der Waals surface area contributed by atoms with Crippen LogP contribution in [-0.2, 0) is 0 Å². The molecule has 0 fully saturated rings. The zero-order valence-corrected chi connectivity index (χ0v) is 44.8. The van der Waals surface area contributed by atoms with Crippen LogP contribution in [0.4, 0.5) is 5.69 Å². The second kappa shape index (κ2) is 19.5. The number of hydrogen-bond acceptors (Lipinski definition) is 3. The minimum absolute atomic E-state index is 0.482. The molecule has 0 aliphatic carbocycles. The highest BCUT2D eigenvalue weighted by Gasteiger charge is 2.28. The van der Waals surface area contributed by atoms with Gasteiger partial charge in [-0.2, -0.15) is 0 Å². The number of fused-ring (bicyclic) bond motifs is 9. The molecule has 0 aliphatic rings. The molecule has 0 saturated heterocycles. The van der Waals surface area contributed by atoms with E-state index in [0.29, 0.717) is 28.4 Å². The first-order chi connectivity index (χ1) is 41.1. The van der Waals surface area contributed by atoms with Gasteiger partial charge in [-0.05, 0) is 111 Å². The molecule has 16 rings (SSSR count). The fourth-order valence-corrected chi connectivity index (χ4v) is 12.5. The Morgan fingerprint density at radius 3 is 1.14 bits per heavy atom. The lowest BCUT2D eigenvalue weighted by molar-refractivity contribution is 0.667. The summed E-state index contributed by atoms with van der Waals surface area (Å²) in [5.41, 5.74) is 20.4. The average molecular weight is 1060 g/mol. The number of nitrogens with zero attached hydrogens (tertiary/aromatic N) is 5. The lowest BCUT2D eigenvalue weighted by Crippen LogP contribution is -2.00. The third-order valence-corrected chi connectivity index (χ3v) is 16.3. The van der Waals surface area contributed by atoms with Gasteiger partial charge in [-0.25, -0.2) is 14.8 Å². The van der Waals surface area contributed by atoms with Crippen LogP contribution in [0.1, 0.15) is 0 Å². The number of hydrogen-bond donors (Lipinski definition) is 0. The summed E-state index contributed by atoms with van der Waals surface area (Å²) < 4.78 is 12.3. The lowest BCUT2D eigenvalue weighted by Gasteiger charge is -2.16. The molecule has 6 nitrogen and oxygen atoms in total. The van der Waals surface area contributed by atoms with Gasteiger partial charge < -0.3 is 13.6 Å². The van der Waals surface area contributed by atoms with Crippen molar-refractivity contribution in [3.63, 3.8) is 0 Å². The van der Waals surface area contributed by atoms with Crippen LogP contribution >= 0.6 is 0 Å². The molecule has 12 aromatic carbocycles. The van der Waals surface area contributed by atoms with E-state index in [1.807, 2.05) is 36.4 Å². The maximum atomic E-state index is 9.37. The van der Waals surface area contributed by atoms with Crippen molar-refractivity contribution in [3.8, 4) is 89.8 Å². The molecule has 4 aromatic heterocycles. The van der Waals surface area contributed by atoms with E-state index >= 15 is 0 Å². The first-order valence-electron chi connectivity index (χ1n) is 27.9. The number of aromatic nitrogens is 4. The predicted octanol–water partition coefficient (Wildman–Crippen LogP) is 20.8. The highest BCUT2D eigenvalue weighted by Crippen LogP contribution is 2.50. The van der Waals surface area contributed by atoms with Gasteiger partial charge in [0.15, 0.2) is 11.4 Å². The Bertz CT molecular complexity index is 4980. The van der Waals surface area contributed by atoms with E-state index in [1.54, 1.807) is 0 Å². The molecule has 6 heteroatoms. The first kappa shape index (κ1) is 47.6. The second-order valence-corrected chi connectivity index (χ2v) is 21.1. The van der Waals surface area contributed by atoms with Crippen LogP contribution in [0.5, 0.6) is 0 Å². The topological polar surface area (TPSA) is 53.1 Å². The van der Waals surface area contributed by atoms with Gasteiger partial charge in [-0.3, -0.25) is 0 Å². The molecule has 4 heterocycles. The van der Waals surface area contributed by atoms with Crippen LogP contribution < -0.4 is 0 Å². The SMILES string of the molecule is [C-]#[N+]c1cc(-n2c3ccc(-c4ccccc4)cc3c3cc(-c4ccccc4)ccc32)c2oc3c(-c4cc(-c5ccccc5)nc(-c5ccccc5)n4)cccc3c2c1-n1c2ccc(-c3ccccc3)cc2c2cc(-c3ccccc3)ccc21. The van der Waals surface area contributed by atoms with Crippen molar-refractivity contribution in [2.75, 3.05) is 0 Å². The highest BCUT2D eigenvalue weighted by molar-refractivity contribution is 6.22. The average Bonchev–Trinajstić information content (AvgIpc) is 2.54. The quantitative estimate of drug-likeness (QED) is 0.135. The molecule has 0 aliphatic heterocycles. The van der Waals surface area contributed by atoms with Crippen LogP contribution in [0, 0.1) is 6.57 Å². The second-order valence-electron chi connectivity index (χ2n) is 21.1. The summed E-state index contributed by atoms with van der Waals surface area (Å²) in [6, 6.07) is 100. The maximum Gasteiger partial charge on any atom is 0.213 e. The van der Waals surface area contributed by atoms with Crippen molar-refractivity contribution < 1.29 is 4.42 Å². The Labute approximate surface area is 478 Å². The standard InChI is InChI=1S/C77H47N5O/c1-78-67-48-72(81-68-39-35-55(49-21-8-2-9-22-49)43-61(68)62-44-56(36-40-69(62)81)50-23-10-3-11-24-50)76-73(60-34-20-33-59(75(60)83-76)66-47-65(53-29-16-6-17-30-53)79-77(80-66)54-31-18-7-19-32-54)74(67)82-70-41-37-57(51-25-12-4-13-26-51)45-63(70)64-46-58(38-42-71(64)82)52-27-14-5-15-28-52/h2-48H. The van der Waals surface area contributed by atoms with E-state index < -0.39 is 0 Å². The molecule has 0 unspecified atom stereocenters. The van der Waals surface area contributed by atoms with Crippen LogP contribution in [-0.4, -0.2) is 19.1 Å². The summed E-state index contributed by atoms with van der Waals surface area (Å²) in [7, 11) is 0. The summed E-state index contributed by atoms with van der Waals surface area (Å²) in [6.45, 7) is 9.37. The molecule has 0 bridgehead atoms. The molecular weight excluding hydrogens is 1010 g/mol. The fraction of sp³-hybridized carbons (Fsp3) is 0. The Hall–Kier alpha value is -11.4. The molecule has 16 aromatic rings. The van der Waals surface area contributed by atoms with E-state index in [-0.39, 0.29) is 0 Å². The van der Waals surface area contributed by atoms with E-state index in [9.17, 15) is 6.57 Å². The molecule has 0 amide bonds. The Morgan fingerprint density at radius 2 is 0.711 bits per heavy atom. The summed E-state index contributed by atoms with van der Waals surface area (Å²) in [4.78, 5) is 15.1. The van der Waals surface area contributed by atoms with Gasteiger partial charge in [-0.1, -0.05) is 218 Å². The van der Waals surface area contributed by atoms with Gasteiger partial charge in [0.2, 0.25) is 5.69 Å². The Balaban J connectivity index is 1.04. The van der Waals surface area contributed by atoms with Crippen molar-refractivity contribution in [1.82, 2.24) is 19.1 Å². The molecule has 83 heavy (non-hydrogen) atoms. The smallest absolute Gasteiger partial charge is 0.213 e. The van der Waals surface area contributed by atoms with Crippen molar-refractivity contribution in [2.45, 2.75) is 0 Å². The molecule has 0 N–H and O–H groups in total. The highest BCUT2D eigenvalue weighted by atomic mass is 16.3. The predicted molar refractivity (Wildman–Crippen MR) is 342 cm³/mol. The first-order valence-corrected chi connectivity index (χ1v) is 27.9. The van der Waals surface area contributed by atoms with Gasteiger partial charge in [0.05, 0.1) is 51.4 Å². The van der Waals surface area contributed by atoms with Crippen molar-refractivity contribution in [1.29, 1.82) is 0 Å². The molecule has 0 saturated carbocycles. The number of furan rings is 1. The van der Waals surface area contributed by atoms with Crippen molar-refractivity contribution in [3.05, 3.63) is 297 Å².